The molecule has 2 saturated carbocycles. The van der Waals surface area contributed by atoms with E-state index in [9.17, 15) is 9.59 Å². The molecule has 0 aromatic rings. The van der Waals surface area contributed by atoms with E-state index in [1.165, 1.54) is 38.5 Å². The van der Waals surface area contributed by atoms with Gasteiger partial charge in [0, 0.05) is 32.1 Å². The molecule has 4 rings (SSSR count). The topological polar surface area (TPSA) is 40.6 Å². The predicted molar refractivity (Wildman–Crippen MR) is 93.4 cm³/mol. The molecule has 2 aliphatic heterocycles. The highest BCUT2D eigenvalue weighted by Gasteiger charge is 2.50. The Morgan fingerprint density at radius 2 is 1.71 bits per heavy atom. The van der Waals surface area contributed by atoms with Crippen molar-refractivity contribution >= 4 is 11.8 Å². The van der Waals surface area contributed by atoms with Gasteiger partial charge in [-0.25, -0.2) is 0 Å². The zero-order valence-electron chi connectivity index (χ0n) is 15.0. The largest absolute Gasteiger partial charge is 0.342 e. The van der Waals surface area contributed by atoms with E-state index in [1.54, 1.807) is 0 Å². The van der Waals surface area contributed by atoms with E-state index in [2.05, 4.69) is 9.80 Å². The number of hydrogen-bond acceptors (Lipinski definition) is 2. The fourth-order valence-electron chi connectivity index (χ4n) is 5.16. The third-order valence-corrected chi connectivity index (χ3v) is 6.87. The maximum absolute atomic E-state index is 13.1. The summed E-state index contributed by atoms with van der Waals surface area (Å²) in [5.74, 6) is 1.69. The van der Waals surface area contributed by atoms with Crippen molar-refractivity contribution in [3.05, 3.63) is 0 Å². The van der Waals surface area contributed by atoms with Crippen molar-refractivity contribution in [2.75, 3.05) is 26.2 Å². The highest BCUT2D eigenvalue weighted by atomic mass is 16.2. The summed E-state index contributed by atoms with van der Waals surface area (Å²) in [6.45, 7) is 3.41. The van der Waals surface area contributed by atoms with E-state index in [-0.39, 0.29) is 11.3 Å². The molecule has 0 aromatic heterocycles. The number of likely N-dealkylation sites (tertiary alicyclic amines) is 2. The van der Waals surface area contributed by atoms with Crippen LogP contribution in [0.15, 0.2) is 0 Å². The maximum Gasteiger partial charge on any atom is 0.230 e. The number of amides is 2. The molecule has 0 bridgehead atoms. The normalized spacial score (nSPS) is 32.4. The van der Waals surface area contributed by atoms with Gasteiger partial charge < -0.3 is 9.80 Å². The van der Waals surface area contributed by atoms with Crippen molar-refractivity contribution in [1.29, 1.82) is 0 Å². The van der Waals surface area contributed by atoms with E-state index in [0.29, 0.717) is 18.4 Å². The van der Waals surface area contributed by atoms with Crippen LogP contribution >= 0.6 is 0 Å². The molecule has 1 atom stereocenters. The van der Waals surface area contributed by atoms with Crippen LogP contribution in [-0.4, -0.2) is 47.8 Å². The molecule has 1 spiro atoms. The quantitative estimate of drug-likeness (QED) is 0.745. The maximum atomic E-state index is 13.1. The van der Waals surface area contributed by atoms with Crippen molar-refractivity contribution in [1.82, 2.24) is 9.80 Å². The van der Waals surface area contributed by atoms with Gasteiger partial charge in [-0.3, -0.25) is 9.59 Å². The van der Waals surface area contributed by atoms with Gasteiger partial charge in [-0.1, -0.05) is 25.7 Å². The predicted octanol–water partition coefficient (Wildman–Crippen LogP) is 3.21. The second-order valence-electron chi connectivity index (χ2n) is 8.78. The molecular weight excluding hydrogens is 300 g/mol. The molecule has 24 heavy (non-hydrogen) atoms. The number of rotatable bonds is 3. The Hall–Kier alpha value is -1.06. The first kappa shape index (κ1) is 16.4. The van der Waals surface area contributed by atoms with Crippen LogP contribution < -0.4 is 0 Å². The van der Waals surface area contributed by atoms with Gasteiger partial charge in [0.2, 0.25) is 11.8 Å². The summed E-state index contributed by atoms with van der Waals surface area (Å²) in [6.07, 6.45) is 12.7. The number of piperidine rings is 1. The fraction of sp³-hybridized carbons (Fsp3) is 0.900. The lowest BCUT2D eigenvalue weighted by molar-refractivity contribution is -0.146. The molecule has 0 unspecified atom stereocenters. The minimum absolute atomic E-state index is 0.226. The zero-order chi connectivity index (χ0) is 16.6. The Morgan fingerprint density at radius 1 is 0.958 bits per heavy atom. The Balaban J connectivity index is 1.40. The molecule has 0 aromatic carbocycles. The SMILES string of the molecule is O=C(C1CCCCCC1)N1CC[C@]2(CCCN(CC3CC3)C2=O)C1. The number of hydrogen-bond donors (Lipinski definition) is 0. The third-order valence-electron chi connectivity index (χ3n) is 6.87. The van der Waals surface area contributed by atoms with Gasteiger partial charge in [0.15, 0.2) is 0 Å². The van der Waals surface area contributed by atoms with Crippen LogP contribution in [0.1, 0.15) is 70.6 Å². The smallest absolute Gasteiger partial charge is 0.230 e. The molecule has 0 N–H and O–H groups in total. The van der Waals surface area contributed by atoms with E-state index in [4.69, 9.17) is 0 Å². The third kappa shape index (κ3) is 3.21. The fourth-order valence-corrected chi connectivity index (χ4v) is 5.16. The molecule has 4 nitrogen and oxygen atoms in total. The minimum atomic E-state index is -0.243. The van der Waals surface area contributed by atoms with E-state index < -0.39 is 0 Å². The number of nitrogens with zero attached hydrogens (tertiary/aromatic N) is 2. The summed E-state index contributed by atoms with van der Waals surface area (Å²) in [4.78, 5) is 30.2. The Kier molecular flexibility index (Phi) is 4.57. The Morgan fingerprint density at radius 3 is 2.42 bits per heavy atom. The van der Waals surface area contributed by atoms with Gasteiger partial charge in [-0.05, 0) is 50.9 Å². The molecule has 2 saturated heterocycles. The highest BCUT2D eigenvalue weighted by Crippen LogP contribution is 2.42. The van der Waals surface area contributed by atoms with Crippen molar-refractivity contribution in [2.45, 2.75) is 70.6 Å². The summed E-state index contributed by atoms with van der Waals surface area (Å²) in [5, 5.41) is 0. The zero-order valence-corrected chi connectivity index (χ0v) is 15.0. The van der Waals surface area contributed by atoms with Crippen LogP contribution in [0.2, 0.25) is 0 Å². The average molecular weight is 332 g/mol. The first-order chi connectivity index (χ1) is 11.7. The molecular formula is C20H32N2O2. The molecule has 4 heteroatoms. The van der Waals surface area contributed by atoms with Gasteiger partial charge in [-0.15, -0.1) is 0 Å². The second-order valence-corrected chi connectivity index (χ2v) is 8.78. The minimum Gasteiger partial charge on any atom is -0.342 e. The average Bonchev–Trinajstić information content (AvgIpc) is 3.36. The summed E-state index contributed by atoms with van der Waals surface area (Å²) < 4.78 is 0. The molecule has 2 heterocycles. The molecule has 134 valence electrons. The van der Waals surface area contributed by atoms with Crippen LogP contribution in [0.3, 0.4) is 0 Å². The molecule has 2 aliphatic carbocycles. The van der Waals surface area contributed by atoms with Gasteiger partial charge in [0.1, 0.15) is 0 Å². The number of carbonyl (C=O) groups excluding carboxylic acids is 2. The van der Waals surface area contributed by atoms with Crippen LogP contribution in [0.25, 0.3) is 0 Å². The van der Waals surface area contributed by atoms with Crippen LogP contribution in [0.4, 0.5) is 0 Å². The molecule has 0 radical (unpaired) electrons. The van der Waals surface area contributed by atoms with Gasteiger partial charge >= 0.3 is 0 Å². The Labute approximate surface area is 145 Å². The number of carbonyl (C=O) groups is 2. The van der Waals surface area contributed by atoms with E-state index in [1.807, 2.05) is 0 Å². The van der Waals surface area contributed by atoms with Crippen molar-refractivity contribution in [3.63, 3.8) is 0 Å². The monoisotopic (exact) mass is 332 g/mol. The first-order valence-electron chi connectivity index (χ1n) is 10.3. The molecule has 4 fully saturated rings. The summed E-state index contributed by atoms with van der Waals surface area (Å²) >= 11 is 0. The van der Waals surface area contributed by atoms with Crippen LogP contribution in [-0.2, 0) is 9.59 Å². The van der Waals surface area contributed by atoms with Gasteiger partial charge in [0.05, 0.1) is 5.41 Å². The van der Waals surface area contributed by atoms with Crippen LogP contribution in [0, 0.1) is 17.3 Å². The standard InChI is InChI=1S/C20H32N2O2/c23-18(17-6-3-1-2-4-7-17)22-13-11-20(15-22)10-5-12-21(19(20)24)14-16-8-9-16/h16-17H,1-15H2/t20-/m1/s1. The lowest BCUT2D eigenvalue weighted by atomic mass is 9.78. The summed E-state index contributed by atoms with van der Waals surface area (Å²) in [7, 11) is 0. The lowest BCUT2D eigenvalue weighted by Crippen LogP contribution is -2.51. The first-order valence-corrected chi connectivity index (χ1v) is 10.3. The summed E-state index contributed by atoms with van der Waals surface area (Å²) in [6, 6.07) is 0. The second kappa shape index (κ2) is 6.68. The van der Waals surface area contributed by atoms with E-state index >= 15 is 0 Å². The van der Waals surface area contributed by atoms with Crippen molar-refractivity contribution in [2.24, 2.45) is 17.3 Å². The molecule has 2 amide bonds. The van der Waals surface area contributed by atoms with Gasteiger partial charge in [-0.2, -0.15) is 0 Å². The van der Waals surface area contributed by atoms with Gasteiger partial charge in [0.25, 0.3) is 0 Å². The van der Waals surface area contributed by atoms with Crippen molar-refractivity contribution < 1.29 is 9.59 Å². The molecule has 4 aliphatic rings. The highest BCUT2D eigenvalue weighted by molar-refractivity contribution is 5.86. The van der Waals surface area contributed by atoms with Crippen molar-refractivity contribution in [3.8, 4) is 0 Å². The Bertz CT molecular complexity index is 494. The van der Waals surface area contributed by atoms with Crippen LogP contribution in [0.5, 0.6) is 0 Å². The lowest BCUT2D eigenvalue weighted by Gasteiger charge is -2.39. The van der Waals surface area contributed by atoms with E-state index in [0.717, 1.165) is 57.7 Å². The summed E-state index contributed by atoms with van der Waals surface area (Å²) in [5.41, 5.74) is -0.243.